The lowest BCUT2D eigenvalue weighted by Crippen LogP contribution is -1.95. The van der Waals surface area contributed by atoms with Crippen molar-refractivity contribution in [3.8, 4) is 0 Å². The minimum atomic E-state index is 0.346. The van der Waals surface area contributed by atoms with Gasteiger partial charge in [0.2, 0.25) is 0 Å². The van der Waals surface area contributed by atoms with Crippen LogP contribution >= 0.6 is 0 Å². The molecule has 0 N–H and O–H groups in total. The molecule has 0 aromatic heterocycles. The second-order valence-corrected chi connectivity index (χ2v) is 7.95. The van der Waals surface area contributed by atoms with Gasteiger partial charge < -0.3 is 0 Å². The van der Waals surface area contributed by atoms with E-state index in [0.29, 0.717) is 18.6 Å². The predicted molar refractivity (Wildman–Crippen MR) is 122 cm³/mol. The van der Waals surface area contributed by atoms with Gasteiger partial charge in [0.05, 0.1) is 0 Å². The van der Waals surface area contributed by atoms with Crippen LogP contribution in [0, 0.1) is 0 Å². The van der Waals surface area contributed by atoms with Crippen LogP contribution in [0.15, 0.2) is 59.3 Å². The summed E-state index contributed by atoms with van der Waals surface area (Å²) in [5, 5.41) is 0. The molecule has 0 saturated heterocycles. The number of rotatable bonds is 15. The minimum absolute atomic E-state index is 0.346. The Bertz CT molecular complexity index is 551. The molecule has 27 heavy (non-hydrogen) atoms. The lowest BCUT2D eigenvalue weighted by atomic mass is 10.0. The molecule has 0 aromatic carbocycles. The van der Waals surface area contributed by atoms with Gasteiger partial charge in [0.25, 0.3) is 0 Å². The molecule has 0 aromatic rings. The van der Waals surface area contributed by atoms with Crippen molar-refractivity contribution in [3.63, 3.8) is 0 Å². The Morgan fingerprint density at radius 1 is 0.593 bits per heavy atom. The number of carbonyl (C=O) groups is 1. The maximum atomic E-state index is 11.6. The number of ketones is 1. The summed E-state index contributed by atoms with van der Waals surface area (Å²) in [6.07, 6.45) is 20.9. The number of allylic oxidation sites excluding steroid dienone is 9. The van der Waals surface area contributed by atoms with E-state index in [1.165, 1.54) is 28.7 Å². The van der Waals surface area contributed by atoms with E-state index < -0.39 is 0 Å². The molecule has 0 atom stereocenters. The van der Waals surface area contributed by atoms with Gasteiger partial charge in [-0.05, 0) is 86.0 Å². The first-order valence-electron chi connectivity index (χ1n) is 10.6. The molecule has 0 amide bonds. The molecule has 1 heteroatoms. The van der Waals surface area contributed by atoms with Gasteiger partial charge in [-0.1, -0.05) is 52.7 Å². The molecule has 0 bridgehead atoms. The first-order valence-corrected chi connectivity index (χ1v) is 10.6. The van der Waals surface area contributed by atoms with Crippen molar-refractivity contribution in [2.45, 2.75) is 98.8 Å². The number of hydrogen-bond acceptors (Lipinski definition) is 1. The summed E-state index contributed by atoms with van der Waals surface area (Å²) < 4.78 is 0. The Morgan fingerprint density at radius 2 is 0.963 bits per heavy atom. The van der Waals surface area contributed by atoms with Crippen LogP contribution < -0.4 is 0 Å². The second-order valence-electron chi connectivity index (χ2n) is 7.95. The Balaban J connectivity index is 4.00. The topological polar surface area (TPSA) is 17.1 Å². The molecule has 0 radical (unpaired) electrons. The van der Waals surface area contributed by atoms with Crippen molar-refractivity contribution in [3.05, 3.63) is 59.3 Å². The zero-order valence-corrected chi connectivity index (χ0v) is 18.6. The van der Waals surface area contributed by atoms with Crippen LogP contribution in [0.25, 0.3) is 0 Å². The van der Waals surface area contributed by atoms with E-state index in [1.54, 1.807) is 0 Å². The van der Waals surface area contributed by atoms with Gasteiger partial charge in [0.1, 0.15) is 5.78 Å². The standard InChI is InChI=1S/C26H42O/c1-7-8-20-26(27)21-12-19-25(6)18-11-17-24(5)16-10-15-23(4)14-9-13-22(2)3/h7,13,15,17,19H,1,8-12,14,16,18,20-21H2,2-6H3. The van der Waals surface area contributed by atoms with E-state index in [4.69, 9.17) is 0 Å². The molecule has 152 valence electrons. The highest BCUT2D eigenvalue weighted by Gasteiger charge is 1.99. The summed E-state index contributed by atoms with van der Waals surface area (Å²) in [5.74, 6) is 0.346. The molecule has 0 spiro atoms. The average Bonchev–Trinajstić information content (AvgIpc) is 2.59. The lowest BCUT2D eigenvalue weighted by molar-refractivity contribution is -0.118. The Kier molecular flexibility index (Phi) is 15.5. The lowest BCUT2D eigenvalue weighted by Gasteiger charge is -2.03. The number of Topliss-reactive ketones (excluding diaryl/α,β-unsaturated/α-hetero) is 1. The first-order chi connectivity index (χ1) is 12.8. The molecule has 1 nitrogen and oxygen atoms in total. The van der Waals surface area contributed by atoms with Crippen LogP contribution in [0.1, 0.15) is 98.8 Å². The first kappa shape index (κ1) is 25.4. The number of carbonyl (C=O) groups excluding carboxylic acids is 1. The summed E-state index contributed by atoms with van der Waals surface area (Å²) in [6.45, 7) is 14.6. The van der Waals surface area contributed by atoms with E-state index >= 15 is 0 Å². The highest BCUT2D eigenvalue weighted by atomic mass is 16.1. The zero-order valence-electron chi connectivity index (χ0n) is 18.6. The molecule has 0 unspecified atom stereocenters. The monoisotopic (exact) mass is 370 g/mol. The van der Waals surface area contributed by atoms with E-state index in [2.05, 4.69) is 65.5 Å². The predicted octanol–water partition coefficient (Wildman–Crippen LogP) is 8.45. The smallest absolute Gasteiger partial charge is 0.133 e. The van der Waals surface area contributed by atoms with Crippen LogP contribution in [-0.2, 0) is 4.79 Å². The molecule has 0 aliphatic heterocycles. The maximum Gasteiger partial charge on any atom is 0.133 e. The summed E-state index contributed by atoms with van der Waals surface area (Å²) in [6, 6.07) is 0. The fraction of sp³-hybridized carbons (Fsp3) is 0.577. The normalized spacial score (nSPS) is 12.9. The molecule has 0 aliphatic rings. The second kappa shape index (κ2) is 16.5. The minimum Gasteiger partial charge on any atom is -0.300 e. The molecule has 0 aliphatic carbocycles. The van der Waals surface area contributed by atoms with Crippen LogP contribution in [0.4, 0.5) is 0 Å². The van der Waals surface area contributed by atoms with Gasteiger partial charge in [-0.25, -0.2) is 0 Å². The van der Waals surface area contributed by atoms with Crippen LogP contribution in [0.5, 0.6) is 0 Å². The van der Waals surface area contributed by atoms with Gasteiger partial charge in [-0.3, -0.25) is 4.79 Å². The van der Waals surface area contributed by atoms with Gasteiger partial charge in [-0.2, -0.15) is 0 Å². The molecule has 0 saturated carbocycles. The van der Waals surface area contributed by atoms with Crippen molar-refractivity contribution < 1.29 is 4.79 Å². The third-order valence-corrected chi connectivity index (χ3v) is 4.70. The molecule has 0 heterocycles. The molecule has 0 fully saturated rings. The van der Waals surface area contributed by atoms with E-state index in [1.807, 2.05) is 6.08 Å². The van der Waals surface area contributed by atoms with Crippen molar-refractivity contribution in [2.24, 2.45) is 0 Å². The summed E-state index contributed by atoms with van der Waals surface area (Å²) in [7, 11) is 0. The van der Waals surface area contributed by atoms with Crippen molar-refractivity contribution in [2.75, 3.05) is 0 Å². The third-order valence-electron chi connectivity index (χ3n) is 4.70. The van der Waals surface area contributed by atoms with Crippen LogP contribution in [0.2, 0.25) is 0 Å². The van der Waals surface area contributed by atoms with Gasteiger partial charge in [-0.15, -0.1) is 6.58 Å². The number of hydrogen-bond donors (Lipinski definition) is 0. The zero-order chi connectivity index (χ0) is 20.5. The highest BCUT2D eigenvalue weighted by Crippen LogP contribution is 2.14. The largest absolute Gasteiger partial charge is 0.300 e. The Morgan fingerprint density at radius 3 is 1.37 bits per heavy atom. The van der Waals surface area contributed by atoms with Crippen LogP contribution in [0.3, 0.4) is 0 Å². The summed E-state index contributed by atoms with van der Waals surface area (Å²) >= 11 is 0. The van der Waals surface area contributed by atoms with Crippen molar-refractivity contribution in [1.29, 1.82) is 0 Å². The van der Waals surface area contributed by atoms with Crippen LogP contribution in [-0.4, -0.2) is 5.78 Å². The summed E-state index contributed by atoms with van der Waals surface area (Å²) in [5.41, 5.74) is 5.79. The maximum absolute atomic E-state index is 11.6. The van der Waals surface area contributed by atoms with E-state index in [0.717, 1.165) is 44.9 Å². The van der Waals surface area contributed by atoms with Gasteiger partial charge in [0, 0.05) is 12.8 Å². The Labute approximate surface area is 169 Å². The third kappa shape index (κ3) is 17.5. The average molecular weight is 371 g/mol. The molecular formula is C26H42O. The molecule has 0 rings (SSSR count). The summed E-state index contributed by atoms with van der Waals surface area (Å²) in [4.78, 5) is 11.6. The van der Waals surface area contributed by atoms with E-state index in [9.17, 15) is 4.79 Å². The fourth-order valence-corrected chi connectivity index (χ4v) is 2.85. The highest BCUT2D eigenvalue weighted by molar-refractivity contribution is 5.78. The van der Waals surface area contributed by atoms with Crippen molar-refractivity contribution in [1.82, 2.24) is 0 Å². The fourth-order valence-electron chi connectivity index (χ4n) is 2.85. The SMILES string of the molecule is C=CCCC(=O)CCC=C(C)CCC=C(C)CCC=C(C)CCC=C(C)C. The molecular weight excluding hydrogens is 328 g/mol. The van der Waals surface area contributed by atoms with Gasteiger partial charge in [0.15, 0.2) is 0 Å². The van der Waals surface area contributed by atoms with Crippen molar-refractivity contribution >= 4 is 5.78 Å². The van der Waals surface area contributed by atoms with E-state index in [-0.39, 0.29) is 0 Å². The Hall–Kier alpha value is -1.63. The van der Waals surface area contributed by atoms with Gasteiger partial charge >= 0.3 is 0 Å². The quantitative estimate of drug-likeness (QED) is 0.264.